The van der Waals surface area contributed by atoms with E-state index < -0.39 is 5.76 Å². The molecule has 4 heterocycles. The first-order chi connectivity index (χ1) is 17.8. The van der Waals surface area contributed by atoms with Crippen molar-refractivity contribution in [2.75, 3.05) is 43.4 Å². The average Bonchev–Trinajstić information content (AvgIpc) is 3.25. The van der Waals surface area contributed by atoms with Crippen LogP contribution >= 0.6 is 0 Å². The minimum Gasteiger partial charge on any atom is -0.408 e. The lowest BCUT2D eigenvalue weighted by atomic mass is 10.2. The first-order valence-corrected chi connectivity index (χ1v) is 12.3. The molecule has 37 heavy (non-hydrogen) atoms. The van der Waals surface area contributed by atoms with Crippen LogP contribution in [0.25, 0.3) is 11.1 Å². The van der Waals surface area contributed by atoms with E-state index in [0.717, 1.165) is 30.9 Å². The number of aromatic nitrogens is 4. The smallest absolute Gasteiger partial charge is 0.408 e. The van der Waals surface area contributed by atoms with Crippen molar-refractivity contribution in [2.24, 2.45) is 5.92 Å². The first kappa shape index (κ1) is 24.4. The number of carbonyl (C=O) groups is 1. The second kappa shape index (κ2) is 10.4. The lowest BCUT2D eigenvalue weighted by Gasteiger charge is -2.35. The van der Waals surface area contributed by atoms with Crippen LogP contribution in [0, 0.1) is 12.8 Å². The van der Waals surface area contributed by atoms with Gasteiger partial charge in [-0.2, -0.15) is 4.98 Å². The van der Waals surface area contributed by atoms with Crippen molar-refractivity contribution in [3.63, 3.8) is 0 Å². The van der Waals surface area contributed by atoms with Crippen LogP contribution in [0.4, 0.5) is 23.1 Å². The third-order valence-corrected chi connectivity index (χ3v) is 6.17. The van der Waals surface area contributed by atoms with Gasteiger partial charge < -0.3 is 20.0 Å². The molecule has 0 spiro atoms. The zero-order valence-corrected chi connectivity index (χ0v) is 21.1. The fourth-order valence-corrected chi connectivity index (χ4v) is 4.33. The number of aromatic amines is 1. The van der Waals surface area contributed by atoms with Crippen LogP contribution in [-0.4, -0.2) is 68.4 Å². The number of benzene rings is 1. The average molecular weight is 503 g/mol. The third-order valence-electron chi connectivity index (χ3n) is 6.17. The summed E-state index contributed by atoms with van der Waals surface area (Å²) in [4.78, 5) is 44.5. The van der Waals surface area contributed by atoms with Crippen LogP contribution in [0.3, 0.4) is 0 Å². The predicted molar refractivity (Wildman–Crippen MR) is 142 cm³/mol. The number of anilines is 4. The summed E-state index contributed by atoms with van der Waals surface area (Å²) in [6.07, 6.45) is 3.32. The zero-order valence-electron chi connectivity index (χ0n) is 21.1. The van der Waals surface area contributed by atoms with Gasteiger partial charge in [0.2, 0.25) is 5.95 Å². The second-order valence-corrected chi connectivity index (χ2v) is 9.62. The summed E-state index contributed by atoms with van der Waals surface area (Å²) >= 11 is 0. The molecule has 0 atom stereocenters. The van der Waals surface area contributed by atoms with E-state index in [9.17, 15) is 9.59 Å². The summed E-state index contributed by atoms with van der Waals surface area (Å²) in [6.45, 7) is 10.6. The van der Waals surface area contributed by atoms with Crippen molar-refractivity contribution < 1.29 is 9.21 Å². The van der Waals surface area contributed by atoms with Crippen LogP contribution in [0.5, 0.6) is 0 Å². The SMILES string of the molecule is Cc1cnc(Nc2ccc(C(=O)N3CCN(CC(C)C)CC3)nc2)nc1Nc1ccc2oc(=O)[nH]c2c1. The van der Waals surface area contributed by atoms with Gasteiger partial charge in [0.1, 0.15) is 11.5 Å². The molecule has 1 amide bonds. The molecule has 3 N–H and O–H groups in total. The van der Waals surface area contributed by atoms with Crippen molar-refractivity contribution in [2.45, 2.75) is 20.8 Å². The Morgan fingerprint density at radius 3 is 2.57 bits per heavy atom. The van der Waals surface area contributed by atoms with E-state index in [1.165, 1.54) is 0 Å². The topological polar surface area (TPSA) is 132 Å². The fourth-order valence-electron chi connectivity index (χ4n) is 4.33. The van der Waals surface area contributed by atoms with Crippen molar-refractivity contribution in [1.82, 2.24) is 29.7 Å². The molecule has 1 aliphatic rings. The summed E-state index contributed by atoms with van der Waals surface area (Å²) in [6, 6.07) is 8.82. The van der Waals surface area contributed by atoms with Crippen LogP contribution in [0.1, 0.15) is 29.9 Å². The molecule has 0 unspecified atom stereocenters. The minimum absolute atomic E-state index is 0.0512. The first-order valence-electron chi connectivity index (χ1n) is 12.3. The van der Waals surface area contributed by atoms with Gasteiger partial charge in [-0.25, -0.2) is 14.8 Å². The van der Waals surface area contributed by atoms with Gasteiger partial charge >= 0.3 is 5.76 Å². The quantitative estimate of drug-likeness (QED) is 0.347. The Labute approximate surface area is 213 Å². The van der Waals surface area contributed by atoms with Crippen molar-refractivity contribution in [3.8, 4) is 0 Å². The highest BCUT2D eigenvalue weighted by molar-refractivity contribution is 5.92. The number of oxazole rings is 1. The standard InChI is InChI=1S/C26H30N8O3/c1-16(2)15-33-8-10-34(11-9-33)24(35)20-6-4-19(14-27-20)30-25-28-13-17(3)23(32-25)29-18-5-7-22-21(12-18)31-26(36)37-22/h4-7,12-14,16H,8-11,15H2,1-3H3,(H,31,36)(H2,28,29,30,32). The van der Waals surface area contributed by atoms with E-state index in [2.05, 4.69) is 49.3 Å². The van der Waals surface area contributed by atoms with Crippen LogP contribution in [-0.2, 0) is 0 Å². The van der Waals surface area contributed by atoms with Gasteiger partial charge in [-0.15, -0.1) is 0 Å². The molecule has 5 rings (SSSR count). The summed E-state index contributed by atoms with van der Waals surface area (Å²) in [5.41, 5.74) is 3.76. The number of hydrogen-bond donors (Lipinski definition) is 3. The minimum atomic E-state index is -0.498. The van der Waals surface area contributed by atoms with Gasteiger partial charge in [0, 0.05) is 50.2 Å². The van der Waals surface area contributed by atoms with Gasteiger partial charge in [-0.1, -0.05) is 13.8 Å². The number of hydrogen-bond acceptors (Lipinski definition) is 9. The van der Waals surface area contributed by atoms with E-state index in [-0.39, 0.29) is 5.91 Å². The maximum Gasteiger partial charge on any atom is 0.417 e. The molecule has 1 saturated heterocycles. The molecule has 1 aliphatic heterocycles. The summed E-state index contributed by atoms with van der Waals surface area (Å²) in [5, 5.41) is 6.39. The number of amides is 1. The molecule has 1 fully saturated rings. The van der Waals surface area contributed by atoms with Gasteiger partial charge in [-0.05, 0) is 43.2 Å². The molecular weight excluding hydrogens is 472 g/mol. The van der Waals surface area contributed by atoms with Crippen LogP contribution < -0.4 is 16.4 Å². The van der Waals surface area contributed by atoms with Gasteiger partial charge in [-0.3, -0.25) is 14.7 Å². The Bertz CT molecular complexity index is 1450. The normalized spacial score (nSPS) is 14.3. The molecule has 0 aliphatic carbocycles. The number of nitrogens with one attached hydrogen (secondary N) is 3. The fraction of sp³-hybridized carbons (Fsp3) is 0.346. The maximum atomic E-state index is 12.9. The van der Waals surface area contributed by atoms with Crippen LogP contribution in [0.15, 0.2) is 51.9 Å². The number of nitrogens with zero attached hydrogens (tertiary/aromatic N) is 5. The summed E-state index contributed by atoms with van der Waals surface area (Å²) < 4.78 is 5.05. The van der Waals surface area contributed by atoms with Gasteiger partial charge in [0.05, 0.1) is 17.4 Å². The number of H-pyrrole nitrogens is 1. The molecule has 192 valence electrons. The van der Waals surface area contributed by atoms with E-state index in [1.807, 2.05) is 11.8 Å². The molecule has 11 heteroatoms. The van der Waals surface area contributed by atoms with E-state index in [4.69, 9.17) is 4.42 Å². The lowest BCUT2D eigenvalue weighted by molar-refractivity contribution is 0.0618. The molecule has 11 nitrogen and oxygen atoms in total. The van der Waals surface area contributed by atoms with Gasteiger partial charge in [0.25, 0.3) is 5.91 Å². The number of rotatable bonds is 7. The Balaban J connectivity index is 1.23. The largest absolute Gasteiger partial charge is 0.417 e. The Hall–Kier alpha value is -4.25. The number of fused-ring (bicyclic) bond motifs is 1. The van der Waals surface area contributed by atoms with Crippen LogP contribution in [0.2, 0.25) is 0 Å². The summed E-state index contributed by atoms with van der Waals surface area (Å²) in [5.74, 6) is 1.06. The van der Waals surface area contributed by atoms with E-state index >= 15 is 0 Å². The molecule has 3 aromatic heterocycles. The van der Waals surface area contributed by atoms with Crippen molar-refractivity contribution in [3.05, 3.63) is 64.5 Å². The number of carbonyl (C=O) groups excluding carboxylic acids is 1. The summed E-state index contributed by atoms with van der Waals surface area (Å²) in [7, 11) is 0. The highest BCUT2D eigenvalue weighted by Crippen LogP contribution is 2.23. The second-order valence-electron chi connectivity index (χ2n) is 9.62. The highest BCUT2D eigenvalue weighted by Gasteiger charge is 2.23. The maximum absolute atomic E-state index is 12.9. The molecule has 0 saturated carbocycles. The number of pyridine rings is 1. The molecule has 1 aromatic carbocycles. The van der Waals surface area contributed by atoms with E-state index in [1.54, 1.807) is 42.7 Å². The van der Waals surface area contributed by atoms with Crippen molar-refractivity contribution in [1.29, 1.82) is 0 Å². The molecular formula is C26H30N8O3. The number of aryl methyl sites for hydroxylation is 1. The third kappa shape index (κ3) is 5.78. The molecule has 4 aromatic rings. The zero-order chi connectivity index (χ0) is 25.9. The lowest BCUT2D eigenvalue weighted by Crippen LogP contribution is -2.49. The number of piperazine rings is 1. The Morgan fingerprint density at radius 2 is 1.84 bits per heavy atom. The Kier molecular flexibility index (Phi) is 6.87. The van der Waals surface area contributed by atoms with Crippen molar-refractivity contribution >= 4 is 40.1 Å². The molecule has 0 radical (unpaired) electrons. The Morgan fingerprint density at radius 1 is 1.05 bits per heavy atom. The monoisotopic (exact) mass is 502 g/mol. The molecule has 0 bridgehead atoms. The predicted octanol–water partition coefficient (Wildman–Crippen LogP) is 3.52. The highest BCUT2D eigenvalue weighted by atomic mass is 16.4. The van der Waals surface area contributed by atoms with E-state index in [0.29, 0.717) is 53.3 Å². The van der Waals surface area contributed by atoms with Gasteiger partial charge in [0.15, 0.2) is 5.58 Å².